The van der Waals surface area contributed by atoms with Crippen LogP contribution in [0.25, 0.3) is 0 Å². The first kappa shape index (κ1) is 15.1. The Labute approximate surface area is 126 Å². The Hall–Kier alpha value is -2.34. The van der Waals surface area contributed by atoms with Crippen molar-refractivity contribution in [3.63, 3.8) is 0 Å². The van der Waals surface area contributed by atoms with Crippen molar-refractivity contribution in [3.8, 4) is 0 Å². The first-order chi connectivity index (χ1) is 10.0. The van der Waals surface area contributed by atoms with Gasteiger partial charge in [0, 0.05) is 35.6 Å². The van der Waals surface area contributed by atoms with Crippen molar-refractivity contribution in [1.29, 1.82) is 0 Å². The van der Waals surface area contributed by atoms with E-state index in [1.807, 2.05) is 0 Å². The number of nitrogens with zero attached hydrogens (tertiary/aromatic N) is 2. The highest BCUT2D eigenvalue weighted by Crippen LogP contribution is 2.12. The summed E-state index contributed by atoms with van der Waals surface area (Å²) in [4.78, 5) is 27.3. The van der Waals surface area contributed by atoms with Gasteiger partial charge in [-0.1, -0.05) is 11.6 Å². The van der Waals surface area contributed by atoms with Crippen LogP contribution in [0.2, 0.25) is 5.02 Å². The molecule has 0 aliphatic rings. The second kappa shape index (κ2) is 6.90. The Bertz CT molecular complexity index is 682. The summed E-state index contributed by atoms with van der Waals surface area (Å²) in [6.07, 6.45) is 1.47. The van der Waals surface area contributed by atoms with Crippen molar-refractivity contribution < 1.29 is 4.79 Å². The lowest BCUT2D eigenvalue weighted by Crippen LogP contribution is -2.33. The van der Waals surface area contributed by atoms with Gasteiger partial charge in [-0.3, -0.25) is 9.36 Å². The van der Waals surface area contributed by atoms with Crippen LogP contribution in [-0.4, -0.2) is 22.1 Å². The average molecular weight is 307 g/mol. The van der Waals surface area contributed by atoms with Crippen LogP contribution in [0.5, 0.6) is 0 Å². The van der Waals surface area contributed by atoms with E-state index in [0.29, 0.717) is 29.5 Å². The van der Waals surface area contributed by atoms with Gasteiger partial charge in [0.25, 0.3) is 5.56 Å². The predicted molar refractivity (Wildman–Crippen MR) is 81.7 cm³/mol. The van der Waals surface area contributed by atoms with Gasteiger partial charge >= 0.3 is 6.03 Å². The summed E-state index contributed by atoms with van der Waals surface area (Å²) in [5.74, 6) is 0. The molecule has 1 aromatic carbocycles. The maximum Gasteiger partial charge on any atom is 0.319 e. The number of amides is 2. The quantitative estimate of drug-likeness (QED) is 0.907. The number of hydrogen-bond donors (Lipinski definition) is 2. The Kier molecular flexibility index (Phi) is 4.94. The van der Waals surface area contributed by atoms with Gasteiger partial charge in [0.2, 0.25) is 0 Å². The van der Waals surface area contributed by atoms with Crippen LogP contribution in [0.1, 0.15) is 5.69 Å². The van der Waals surface area contributed by atoms with Crippen LogP contribution in [0.3, 0.4) is 0 Å². The second-order valence-corrected chi connectivity index (χ2v) is 4.89. The molecule has 2 amide bonds. The van der Waals surface area contributed by atoms with Gasteiger partial charge in [0.15, 0.2) is 0 Å². The zero-order chi connectivity index (χ0) is 15.2. The number of nitrogens with one attached hydrogen (secondary N) is 2. The molecule has 0 saturated heterocycles. The number of halogens is 1. The van der Waals surface area contributed by atoms with Crippen molar-refractivity contribution in [2.75, 3.05) is 11.9 Å². The van der Waals surface area contributed by atoms with Gasteiger partial charge in [0.1, 0.15) is 0 Å². The Morgan fingerprint density at radius 3 is 2.71 bits per heavy atom. The van der Waals surface area contributed by atoms with Crippen molar-refractivity contribution in [1.82, 2.24) is 14.9 Å². The fraction of sp³-hybridized carbons (Fsp3) is 0.214. The summed E-state index contributed by atoms with van der Waals surface area (Å²) in [7, 11) is 0. The summed E-state index contributed by atoms with van der Waals surface area (Å²) in [5, 5.41) is 5.94. The van der Waals surface area contributed by atoms with E-state index in [9.17, 15) is 9.59 Å². The summed E-state index contributed by atoms with van der Waals surface area (Å²) in [5.41, 5.74) is 1.18. The van der Waals surface area contributed by atoms with Gasteiger partial charge < -0.3 is 10.6 Å². The molecule has 1 heterocycles. The molecule has 0 aliphatic heterocycles. The molecule has 2 rings (SSSR count). The largest absolute Gasteiger partial charge is 0.336 e. The zero-order valence-corrected chi connectivity index (χ0v) is 12.2. The molecule has 21 heavy (non-hydrogen) atoms. The Morgan fingerprint density at radius 1 is 1.33 bits per heavy atom. The number of anilines is 1. The highest BCUT2D eigenvalue weighted by molar-refractivity contribution is 6.30. The molecule has 1 aromatic heterocycles. The molecule has 0 bridgehead atoms. The van der Waals surface area contributed by atoms with Crippen LogP contribution < -0.4 is 16.2 Å². The summed E-state index contributed by atoms with van der Waals surface area (Å²) in [6, 6.07) is 7.90. The third kappa shape index (κ3) is 4.61. The molecule has 2 N–H and O–H groups in total. The lowest BCUT2D eigenvalue weighted by molar-refractivity contribution is 0.251. The smallest absolute Gasteiger partial charge is 0.319 e. The van der Waals surface area contributed by atoms with E-state index < -0.39 is 0 Å². The zero-order valence-electron chi connectivity index (χ0n) is 11.5. The minimum absolute atomic E-state index is 0.137. The SMILES string of the molecule is Cc1cc(=O)n(CCNC(=O)Nc2ccc(Cl)cc2)cn1. The number of aryl methyl sites for hydroxylation is 1. The molecule has 0 saturated carbocycles. The fourth-order valence-corrected chi connectivity index (χ4v) is 1.81. The monoisotopic (exact) mass is 306 g/mol. The summed E-state index contributed by atoms with van der Waals surface area (Å²) in [6.45, 7) is 2.44. The molecule has 0 atom stereocenters. The number of rotatable bonds is 4. The second-order valence-electron chi connectivity index (χ2n) is 4.45. The lowest BCUT2D eigenvalue weighted by atomic mass is 10.3. The van der Waals surface area contributed by atoms with E-state index in [0.717, 1.165) is 0 Å². The van der Waals surface area contributed by atoms with Crippen LogP contribution in [0.15, 0.2) is 41.5 Å². The number of carbonyl (C=O) groups excluding carboxylic acids is 1. The third-order valence-corrected chi connectivity index (χ3v) is 3.01. The summed E-state index contributed by atoms with van der Waals surface area (Å²) >= 11 is 5.76. The van der Waals surface area contributed by atoms with Gasteiger partial charge in [-0.2, -0.15) is 0 Å². The lowest BCUT2D eigenvalue weighted by Gasteiger charge is -2.09. The van der Waals surface area contributed by atoms with E-state index in [1.165, 1.54) is 17.0 Å². The molecule has 0 fully saturated rings. The van der Waals surface area contributed by atoms with Gasteiger partial charge in [-0.05, 0) is 31.2 Å². The molecule has 0 radical (unpaired) electrons. The van der Waals surface area contributed by atoms with Gasteiger partial charge in [-0.25, -0.2) is 9.78 Å². The maximum absolute atomic E-state index is 11.7. The highest BCUT2D eigenvalue weighted by atomic mass is 35.5. The van der Waals surface area contributed by atoms with Crippen LogP contribution in [0, 0.1) is 6.92 Å². The number of hydrogen-bond acceptors (Lipinski definition) is 3. The Balaban J connectivity index is 1.81. The first-order valence-electron chi connectivity index (χ1n) is 6.38. The molecule has 6 nitrogen and oxygen atoms in total. The minimum Gasteiger partial charge on any atom is -0.336 e. The number of carbonyl (C=O) groups is 1. The highest BCUT2D eigenvalue weighted by Gasteiger charge is 2.02. The van der Waals surface area contributed by atoms with Gasteiger partial charge in [0.05, 0.1) is 6.33 Å². The Morgan fingerprint density at radius 2 is 2.05 bits per heavy atom. The molecule has 0 spiro atoms. The fourth-order valence-electron chi connectivity index (χ4n) is 1.68. The van der Waals surface area contributed by atoms with Crippen LogP contribution in [-0.2, 0) is 6.54 Å². The number of urea groups is 1. The minimum atomic E-state index is -0.342. The molecule has 2 aromatic rings. The third-order valence-electron chi connectivity index (χ3n) is 2.76. The van der Waals surface area contributed by atoms with E-state index in [1.54, 1.807) is 31.2 Å². The molecular formula is C14H15ClN4O2. The van der Waals surface area contributed by atoms with E-state index >= 15 is 0 Å². The van der Waals surface area contributed by atoms with Crippen molar-refractivity contribution >= 4 is 23.3 Å². The average Bonchev–Trinajstić information content (AvgIpc) is 2.44. The molecule has 7 heteroatoms. The first-order valence-corrected chi connectivity index (χ1v) is 6.76. The molecular weight excluding hydrogens is 292 g/mol. The normalized spacial score (nSPS) is 10.2. The van der Waals surface area contributed by atoms with E-state index in [4.69, 9.17) is 11.6 Å². The van der Waals surface area contributed by atoms with Crippen molar-refractivity contribution in [2.24, 2.45) is 0 Å². The molecule has 0 unspecified atom stereocenters. The number of aromatic nitrogens is 2. The summed E-state index contributed by atoms with van der Waals surface area (Å²) < 4.78 is 1.44. The number of benzene rings is 1. The van der Waals surface area contributed by atoms with E-state index in [2.05, 4.69) is 15.6 Å². The van der Waals surface area contributed by atoms with Crippen LogP contribution in [0.4, 0.5) is 10.5 Å². The molecule has 110 valence electrons. The topological polar surface area (TPSA) is 76.0 Å². The van der Waals surface area contributed by atoms with E-state index in [-0.39, 0.29) is 11.6 Å². The van der Waals surface area contributed by atoms with Crippen molar-refractivity contribution in [2.45, 2.75) is 13.5 Å². The standard InChI is InChI=1S/C14H15ClN4O2/c1-10-8-13(20)19(9-17-10)7-6-16-14(21)18-12-4-2-11(15)3-5-12/h2-5,8-9H,6-7H2,1H3,(H2,16,18,21). The van der Waals surface area contributed by atoms with Crippen molar-refractivity contribution in [3.05, 3.63) is 57.7 Å². The maximum atomic E-state index is 11.7. The van der Waals surface area contributed by atoms with Gasteiger partial charge in [-0.15, -0.1) is 0 Å². The van der Waals surface area contributed by atoms with Crippen LogP contribution >= 0.6 is 11.6 Å². The predicted octanol–water partition coefficient (Wildman–Crippen LogP) is 2.03. The molecule has 0 aliphatic carbocycles.